The van der Waals surface area contributed by atoms with Crippen molar-refractivity contribution in [2.45, 2.75) is 0 Å². The van der Waals surface area contributed by atoms with Gasteiger partial charge in [0.25, 0.3) is 0 Å². The Bertz CT molecular complexity index is 651. The topological polar surface area (TPSA) is 86.9 Å². The summed E-state index contributed by atoms with van der Waals surface area (Å²) in [6, 6.07) is 0. The SMILES string of the molecule is Cn1cc(-c2nccn3c(N)nnc23)cn1. The number of nitrogens with two attached hydrogens (primary N) is 1. The molecule has 3 aromatic rings. The summed E-state index contributed by atoms with van der Waals surface area (Å²) in [6.07, 6.45) is 6.99. The van der Waals surface area contributed by atoms with Gasteiger partial charge in [-0.15, -0.1) is 10.2 Å². The lowest BCUT2D eigenvalue weighted by Gasteiger charge is -1.98. The molecule has 0 atom stereocenters. The first-order valence-electron chi connectivity index (χ1n) is 4.70. The minimum Gasteiger partial charge on any atom is -0.368 e. The van der Waals surface area contributed by atoms with Crippen molar-refractivity contribution in [1.29, 1.82) is 0 Å². The largest absolute Gasteiger partial charge is 0.368 e. The lowest BCUT2D eigenvalue weighted by atomic mass is 10.2. The molecule has 0 aliphatic carbocycles. The summed E-state index contributed by atoms with van der Waals surface area (Å²) in [7, 11) is 1.85. The third-order valence-electron chi connectivity index (χ3n) is 2.33. The summed E-state index contributed by atoms with van der Waals surface area (Å²) in [5.41, 5.74) is 7.91. The fraction of sp³-hybridized carbons (Fsp3) is 0.111. The Morgan fingerprint density at radius 3 is 2.94 bits per heavy atom. The molecule has 0 saturated carbocycles. The van der Waals surface area contributed by atoms with Gasteiger partial charge in [0.05, 0.1) is 6.20 Å². The van der Waals surface area contributed by atoms with Crippen molar-refractivity contribution >= 4 is 11.6 Å². The van der Waals surface area contributed by atoms with E-state index in [1.807, 2.05) is 13.2 Å². The average Bonchev–Trinajstić information content (AvgIpc) is 2.86. The number of aromatic nitrogens is 6. The van der Waals surface area contributed by atoms with Crippen LogP contribution in [0.4, 0.5) is 5.95 Å². The summed E-state index contributed by atoms with van der Waals surface area (Å²) >= 11 is 0. The molecule has 0 aliphatic heterocycles. The Morgan fingerprint density at radius 2 is 2.19 bits per heavy atom. The third kappa shape index (κ3) is 1.14. The van der Waals surface area contributed by atoms with E-state index in [1.165, 1.54) is 0 Å². The van der Waals surface area contributed by atoms with Crippen LogP contribution in [0, 0.1) is 0 Å². The molecule has 0 spiro atoms. The van der Waals surface area contributed by atoms with Crippen LogP contribution in [0.25, 0.3) is 16.9 Å². The highest BCUT2D eigenvalue weighted by Gasteiger charge is 2.11. The molecule has 0 radical (unpaired) electrons. The molecule has 3 rings (SSSR count). The van der Waals surface area contributed by atoms with E-state index < -0.39 is 0 Å². The van der Waals surface area contributed by atoms with Gasteiger partial charge in [0.15, 0.2) is 5.65 Å². The second kappa shape index (κ2) is 3.02. The van der Waals surface area contributed by atoms with Crippen LogP contribution in [0.2, 0.25) is 0 Å². The Kier molecular flexibility index (Phi) is 1.67. The van der Waals surface area contributed by atoms with Crippen LogP contribution in [-0.4, -0.2) is 29.4 Å². The molecule has 7 nitrogen and oxygen atoms in total. The van der Waals surface area contributed by atoms with E-state index in [0.717, 1.165) is 11.3 Å². The smallest absolute Gasteiger partial charge is 0.226 e. The van der Waals surface area contributed by atoms with Crippen LogP contribution in [-0.2, 0) is 7.05 Å². The molecule has 0 amide bonds. The molecule has 0 aromatic carbocycles. The highest BCUT2D eigenvalue weighted by atomic mass is 15.3. The molecular weight excluding hydrogens is 206 g/mol. The number of nitrogens with zero attached hydrogens (tertiary/aromatic N) is 6. The lowest BCUT2D eigenvalue weighted by Crippen LogP contribution is -1.95. The predicted molar refractivity (Wildman–Crippen MR) is 57.4 cm³/mol. The lowest BCUT2D eigenvalue weighted by molar-refractivity contribution is 0.768. The van der Waals surface area contributed by atoms with Crippen molar-refractivity contribution in [2.75, 3.05) is 5.73 Å². The Balaban J connectivity index is 2.31. The predicted octanol–water partition coefficient (Wildman–Crippen LogP) is 0.107. The molecule has 3 heterocycles. The number of hydrogen-bond acceptors (Lipinski definition) is 5. The number of rotatable bonds is 1. The maximum Gasteiger partial charge on any atom is 0.226 e. The van der Waals surface area contributed by atoms with Crippen molar-refractivity contribution in [3.63, 3.8) is 0 Å². The first-order chi connectivity index (χ1) is 7.75. The number of anilines is 1. The maximum absolute atomic E-state index is 5.67. The van der Waals surface area contributed by atoms with E-state index in [1.54, 1.807) is 27.7 Å². The molecule has 7 heteroatoms. The first-order valence-corrected chi connectivity index (χ1v) is 4.70. The van der Waals surface area contributed by atoms with Crippen LogP contribution >= 0.6 is 0 Å². The van der Waals surface area contributed by atoms with Gasteiger partial charge >= 0.3 is 0 Å². The fourth-order valence-electron chi connectivity index (χ4n) is 1.59. The molecule has 0 bridgehead atoms. The van der Waals surface area contributed by atoms with Crippen LogP contribution < -0.4 is 5.73 Å². The van der Waals surface area contributed by atoms with Crippen molar-refractivity contribution < 1.29 is 0 Å². The summed E-state index contributed by atoms with van der Waals surface area (Å²) in [6.45, 7) is 0. The number of aryl methyl sites for hydroxylation is 1. The Labute approximate surface area is 90.5 Å². The summed E-state index contributed by atoms with van der Waals surface area (Å²) < 4.78 is 3.40. The molecule has 0 fully saturated rings. The van der Waals surface area contributed by atoms with Gasteiger partial charge < -0.3 is 5.73 Å². The van der Waals surface area contributed by atoms with Gasteiger partial charge in [-0.3, -0.25) is 14.1 Å². The van der Waals surface area contributed by atoms with E-state index in [-0.39, 0.29) is 0 Å². The molecule has 80 valence electrons. The Hall–Kier alpha value is -2.44. The van der Waals surface area contributed by atoms with E-state index in [0.29, 0.717) is 11.6 Å². The summed E-state index contributed by atoms with van der Waals surface area (Å²) in [5, 5.41) is 11.9. The van der Waals surface area contributed by atoms with Crippen molar-refractivity contribution in [2.24, 2.45) is 7.05 Å². The number of nitrogen functional groups attached to an aromatic ring is 1. The zero-order valence-corrected chi connectivity index (χ0v) is 8.57. The van der Waals surface area contributed by atoms with Crippen LogP contribution in [0.1, 0.15) is 0 Å². The summed E-state index contributed by atoms with van der Waals surface area (Å²) in [5.74, 6) is 0.350. The van der Waals surface area contributed by atoms with Crippen molar-refractivity contribution in [3.05, 3.63) is 24.8 Å². The van der Waals surface area contributed by atoms with Crippen LogP contribution in [0.5, 0.6) is 0 Å². The van der Waals surface area contributed by atoms with Gasteiger partial charge in [-0.05, 0) is 0 Å². The van der Waals surface area contributed by atoms with Gasteiger partial charge in [0.1, 0.15) is 5.69 Å². The molecule has 2 N–H and O–H groups in total. The molecule has 16 heavy (non-hydrogen) atoms. The molecule has 3 aromatic heterocycles. The van der Waals surface area contributed by atoms with Crippen molar-refractivity contribution in [1.82, 2.24) is 29.4 Å². The number of fused-ring (bicyclic) bond motifs is 1. The highest BCUT2D eigenvalue weighted by molar-refractivity contribution is 5.73. The second-order valence-corrected chi connectivity index (χ2v) is 3.43. The highest BCUT2D eigenvalue weighted by Crippen LogP contribution is 2.20. The molecular formula is C9H9N7. The summed E-state index contributed by atoms with van der Waals surface area (Å²) in [4.78, 5) is 4.27. The minimum atomic E-state index is 0.350. The maximum atomic E-state index is 5.67. The molecule has 0 unspecified atom stereocenters. The standard InChI is InChI=1S/C9H9N7/c1-15-5-6(4-12-15)7-8-13-14-9(10)16(8)3-2-11-7/h2-5H,1H3,(H2,10,14). The van der Waals surface area contributed by atoms with Gasteiger partial charge in [0, 0.05) is 31.2 Å². The molecule has 0 saturated heterocycles. The second-order valence-electron chi connectivity index (χ2n) is 3.43. The van der Waals surface area contributed by atoms with E-state index >= 15 is 0 Å². The molecule has 0 aliphatic rings. The third-order valence-corrected chi connectivity index (χ3v) is 2.33. The van der Waals surface area contributed by atoms with Gasteiger partial charge in [-0.25, -0.2) is 0 Å². The monoisotopic (exact) mass is 215 g/mol. The van der Waals surface area contributed by atoms with E-state index in [2.05, 4.69) is 20.3 Å². The van der Waals surface area contributed by atoms with Gasteiger partial charge in [-0.1, -0.05) is 0 Å². The first kappa shape index (κ1) is 8.84. The minimum absolute atomic E-state index is 0.350. The van der Waals surface area contributed by atoms with Crippen molar-refractivity contribution in [3.8, 4) is 11.3 Å². The normalized spacial score (nSPS) is 11.1. The Morgan fingerprint density at radius 1 is 1.31 bits per heavy atom. The quantitative estimate of drug-likeness (QED) is 0.622. The van der Waals surface area contributed by atoms with Crippen LogP contribution in [0.3, 0.4) is 0 Å². The number of hydrogen-bond donors (Lipinski definition) is 1. The van der Waals surface area contributed by atoms with Crippen LogP contribution in [0.15, 0.2) is 24.8 Å². The van der Waals surface area contributed by atoms with Gasteiger partial charge in [-0.2, -0.15) is 5.10 Å². The van der Waals surface area contributed by atoms with E-state index in [9.17, 15) is 0 Å². The average molecular weight is 215 g/mol. The zero-order valence-electron chi connectivity index (χ0n) is 8.57. The van der Waals surface area contributed by atoms with Gasteiger partial charge in [0.2, 0.25) is 5.95 Å². The fourth-order valence-corrected chi connectivity index (χ4v) is 1.59. The zero-order chi connectivity index (χ0) is 11.1. The van der Waals surface area contributed by atoms with E-state index in [4.69, 9.17) is 5.73 Å².